The maximum atomic E-state index is 10.9. The van der Waals surface area contributed by atoms with Gasteiger partial charge in [0.25, 0.3) is 5.69 Å². The van der Waals surface area contributed by atoms with E-state index >= 15 is 0 Å². The van der Waals surface area contributed by atoms with Crippen molar-refractivity contribution in [1.29, 1.82) is 0 Å². The fraction of sp³-hybridized carbons (Fsp3) is 0.235. The Labute approximate surface area is 147 Å². The van der Waals surface area contributed by atoms with Gasteiger partial charge in [0.15, 0.2) is 0 Å². The van der Waals surface area contributed by atoms with Gasteiger partial charge in [0.2, 0.25) is 0 Å². The van der Waals surface area contributed by atoms with Crippen LogP contribution in [-0.2, 0) is 0 Å². The van der Waals surface area contributed by atoms with Gasteiger partial charge in [-0.2, -0.15) is 0 Å². The van der Waals surface area contributed by atoms with E-state index in [0.717, 1.165) is 18.8 Å². The number of non-ortho nitro benzene ring substituents is 1. The van der Waals surface area contributed by atoms with E-state index in [-0.39, 0.29) is 15.9 Å². The van der Waals surface area contributed by atoms with Gasteiger partial charge in [-0.25, -0.2) is 0 Å². The highest BCUT2D eigenvalue weighted by Crippen LogP contribution is 2.32. The lowest BCUT2D eigenvalue weighted by molar-refractivity contribution is -0.385. The summed E-state index contributed by atoms with van der Waals surface area (Å²) in [6, 6.07) is 10.4. The third-order valence-electron chi connectivity index (χ3n) is 3.96. The predicted molar refractivity (Wildman–Crippen MR) is 97.6 cm³/mol. The fourth-order valence-electron chi connectivity index (χ4n) is 2.68. The summed E-state index contributed by atoms with van der Waals surface area (Å²) in [4.78, 5) is 17.0. The predicted octanol–water partition coefficient (Wildman–Crippen LogP) is 4.41. The molecule has 6 nitrogen and oxygen atoms in total. The summed E-state index contributed by atoms with van der Waals surface area (Å²) in [6.45, 7) is 2.16. The third-order valence-corrected chi connectivity index (χ3v) is 4.57. The largest absolute Gasteiger partial charge is 0.506 e. The lowest BCUT2D eigenvalue weighted by Crippen LogP contribution is -2.17. The molecule has 2 aromatic rings. The quantitative estimate of drug-likeness (QED) is 0.476. The molecule has 1 fully saturated rings. The van der Waals surface area contributed by atoms with E-state index in [0.29, 0.717) is 5.56 Å². The first kappa shape index (κ1) is 16.4. The summed E-state index contributed by atoms with van der Waals surface area (Å²) in [7, 11) is 0. The van der Waals surface area contributed by atoms with Crippen LogP contribution in [0.15, 0.2) is 45.9 Å². The minimum atomic E-state index is -0.508. The van der Waals surface area contributed by atoms with Crippen LogP contribution in [0.3, 0.4) is 0 Å². The maximum absolute atomic E-state index is 10.9. The second kappa shape index (κ2) is 7.00. The lowest BCUT2D eigenvalue weighted by Gasteiger charge is -2.17. The lowest BCUT2D eigenvalue weighted by atomic mass is 10.2. The molecular formula is C17H16BrN3O3. The molecule has 0 radical (unpaired) electrons. The van der Waals surface area contributed by atoms with Crippen molar-refractivity contribution in [3.63, 3.8) is 0 Å². The van der Waals surface area contributed by atoms with E-state index in [2.05, 4.69) is 25.8 Å². The SMILES string of the molecule is O=[N+]([O-])c1cc(Br)c(O)c(C=Nc2ccc(N3CCCC3)cc2)c1. The smallest absolute Gasteiger partial charge is 0.271 e. The van der Waals surface area contributed by atoms with Crippen LogP contribution in [0, 0.1) is 10.1 Å². The standard InChI is InChI=1S/C17H16BrN3O3/c18-16-10-15(21(23)24)9-12(17(16)22)11-19-13-3-5-14(6-4-13)20-7-1-2-8-20/h3-6,9-11,22H,1-2,7-8H2. The first-order valence-corrected chi connectivity index (χ1v) is 8.40. The van der Waals surface area contributed by atoms with E-state index in [1.165, 1.54) is 36.9 Å². The van der Waals surface area contributed by atoms with Crippen LogP contribution in [0.5, 0.6) is 5.75 Å². The molecule has 3 rings (SSSR count). The number of hydrogen-bond donors (Lipinski definition) is 1. The number of aliphatic imine (C=N–C) groups is 1. The number of nitrogens with zero attached hydrogens (tertiary/aromatic N) is 3. The first-order valence-electron chi connectivity index (χ1n) is 7.60. The zero-order chi connectivity index (χ0) is 17.1. The molecule has 1 aliphatic heterocycles. The van der Waals surface area contributed by atoms with E-state index in [4.69, 9.17) is 0 Å². The normalized spacial score (nSPS) is 14.5. The van der Waals surface area contributed by atoms with Crippen LogP contribution in [0.25, 0.3) is 0 Å². The number of halogens is 1. The molecule has 0 spiro atoms. The number of nitro groups is 1. The van der Waals surface area contributed by atoms with Gasteiger partial charge in [-0.3, -0.25) is 15.1 Å². The van der Waals surface area contributed by atoms with Crippen LogP contribution in [-0.4, -0.2) is 29.3 Å². The molecule has 1 heterocycles. The molecule has 124 valence electrons. The molecular weight excluding hydrogens is 374 g/mol. The van der Waals surface area contributed by atoms with Crippen molar-refractivity contribution in [2.24, 2.45) is 4.99 Å². The highest BCUT2D eigenvalue weighted by Gasteiger charge is 2.14. The number of aromatic hydroxyl groups is 1. The molecule has 1 saturated heterocycles. The second-order valence-electron chi connectivity index (χ2n) is 5.59. The van der Waals surface area contributed by atoms with Crippen LogP contribution in [0.4, 0.5) is 17.1 Å². The Hall–Kier alpha value is -2.41. The molecule has 24 heavy (non-hydrogen) atoms. The Bertz CT molecular complexity index is 784. The van der Waals surface area contributed by atoms with Gasteiger partial charge >= 0.3 is 0 Å². The summed E-state index contributed by atoms with van der Waals surface area (Å²) >= 11 is 3.12. The van der Waals surface area contributed by atoms with Gasteiger partial charge in [-0.15, -0.1) is 0 Å². The van der Waals surface area contributed by atoms with Crippen molar-refractivity contribution < 1.29 is 10.0 Å². The molecule has 0 aromatic heterocycles. The second-order valence-corrected chi connectivity index (χ2v) is 6.45. The van der Waals surface area contributed by atoms with Crippen molar-refractivity contribution in [2.75, 3.05) is 18.0 Å². The van der Waals surface area contributed by atoms with E-state index in [9.17, 15) is 15.2 Å². The number of benzene rings is 2. The van der Waals surface area contributed by atoms with E-state index in [1.54, 1.807) is 0 Å². The first-order chi connectivity index (χ1) is 11.5. The summed E-state index contributed by atoms with van der Waals surface area (Å²) in [5.41, 5.74) is 2.08. The van der Waals surface area contributed by atoms with Crippen molar-refractivity contribution >= 4 is 39.2 Å². The molecule has 1 N–H and O–H groups in total. The van der Waals surface area contributed by atoms with Gasteiger partial charge in [0, 0.05) is 42.7 Å². The van der Waals surface area contributed by atoms with Crippen LogP contribution in [0.2, 0.25) is 0 Å². The van der Waals surface area contributed by atoms with Crippen molar-refractivity contribution in [2.45, 2.75) is 12.8 Å². The van der Waals surface area contributed by atoms with Crippen molar-refractivity contribution in [3.8, 4) is 5.75 Å². The number of anilines is 1. The Balaban J connectivity index is 1.81. The topological polar surface area (TPSA) is 79.0 Å². The van der Waals surface area contributed by atoms with Gasteiger partial charge in [-0.05, 0) is 53.0 Å². The zero-order valence-electron chi connectivity index (χ0n) is 12.9. The monoisotopic (exact) mass is 389 g/mol. The van der Waals surface area contributed by atoms with Gasteiger partial charge in [-0.1, -0.05) is 0 Å². The Morgan fingerprint density at radius 1 is 1.21 bits per heavy atom. The number of rotatable bonds is 4. The summed E-state index contributed by atoms with van der Waals surface area (Å²) < 4.78 is 0.266. The highest BCUT2D eigenvalue weighted by atomic mass is 79.9. The Morgan fingerprint density at radius 2 is 1.88 bits per heavy atom. The molecule has 1 aliphatic rings. The molecule has 2 aromatic carbocycles. The van der Waals surface area contributed by atoms with Gasteiger partial charge in [0.1, 0.15) is 5.75 Å². The van der Waals surface area contributed by atoms with E-state index < -0.39 is 4.92 Å². The van der Waals surface area contributed by atoms with Crippen molar-refractivity contribution in [1.82, 2.24) is 0 Å². The average molecular weight is 390 g/mol. The molecule has 0 unspecified atom stereocenters. The summed E-state index contributed by atoms with van der Waals surface area (Å²) in [5.74, 6) is -0.0713. The fourth-order valence-corrected chi connectivity index (χ4v) is 3.14. The third kappa shape index (κ3) is 3.56. The van der Waals surface area contributed by atoms with E-state index in [1.807, 2.05) is 24.3 Å². The maximum Gasteiger partial charge on any atom is 0.271 e. The number of phenols is 1. The van der Waals surface area contributed by atoms with Crippen LogP contribution < -0.4 is 4.90 Å². The van der Waals surface area contributed by atoms with Gasteiger partial charge < -0.3 is 10.0 Å². The Morgan fingerprint density at radius 3 is 2.50 bits per heavy atom. The minimum absolute atomic E-state index is 0.0713. The van der Waals surface area contributed by atoms with Crippen LogP contribution >= 0.6 is 15.9 Å². The number of nitro benzene ring substituents is 1. The number of phenolic OH excluding ortho intramolecular Hbond substituents is 1. The summed E-state index contributed by atoms with van der Waals surface area (Å²) in [6.07, 6.45) is 3.87. The van der Waals surface area contributed by atoms with Crippen molar-refractivity contribution in [3.05, 3.63) is 56.5 Å². The molecule has 0 amide bonds. The molecule has 0 saturated carbocycles. The Kier molecular flexibility index (Phi) is 4.80. The average Bonchev–Trinajstić information content (AvgIpc) is 3.11. The summed E-state index contributed by atoms with van der Waals surface area (Å²) in [5, 5.41) is 20.9. The number of hydrogen-bond acceptors (Lipinski definition) is 5. The molecule has 0 aliphatic carbocycles. The van der Waals surface area contributed by atoms with Crippen LogP contribution in [0.1, 0.15) is 18.4 Å². The minimum Gasteiger partial charge on any atom is -0.506 e. The molecule has 0 bridgehead atoms. The van der Waals surface area contributed by atoms with Gasteiger partial charge in [0.05, 0.1) is 15.1 Å². The molecule has 0 atom stereocenters. The highest BCUT2D eigenvalue weighted by molar-refractivity contribution is 9.10. The zero-order valence-corrected chi connectivity index (χ0v) is 14.4. The molecule has 7 heteroatoms.